The van der Waals surface area contributed by atoms with E-state index < -0.39 is 28.7 Å². The first kappa shape index (κ1) is 20.1. The third-order valence-electron chi connectivity index (χ3n) is 4.58. The summed E-state index contributed by atoms with van der Waals surface area (Å²) >= 11 is 1.33. The highest BCUT2D eigenvalue weighted by Crippen LogP contribution is 2.51. The molecule has 2 saturated heterocycles. The van der Waals surface area contributed by atoms with E-state index in [0.29, 0.717) is 0 Å². The fourth-order valence-corrected chi connectivity index (χ4v) is 5.18. The number of carboxylic acid groups (broad SMARTS) is 1. The van der Waals surface area contributed by atoms with Crippen LogP contribution in [0.25, 0.3) is 0 Å². The van der Waals surface area contributed by atoms with Crippen molar-refractivity contribution in [2.45, 2.75) is 49.9 Å². The SMILES string of the molecule is CCOC(=O)c1nnn(CC2(C)SC3CC(=O)N3C2C(=O)O)c1C(=O)OCC. The van der Waals surface area contributed by atoms with Gasteiger partial charge in [0.15, 0.2) is 5.69 Å². The summed E-state index contributed by atoms with van der Waals surface area (Å²) < 4.78 is 10.1. The number of aromatic nitrogens is 3. The zero-order valence-electron chi connectivity index (χ0n) is 15.6. The number of carbonyl (C=O) groups excluding carboxylic acids is 3. The topological polar surface area (TPSA) is 141 Å². The number of rotatable bonds is 7. The van der Waals surface area contributed by atoms with Crippen LogP contribution in [0, 0.1) is 0 Å². The third kappa shape index (κ3) is 3.21. The van der Waals surface area contributed by atoms with Gasteiger partial charge in [-0.3, -0.25) is 4.79 Å². The van der Waals surface area contributed by atoms with Crippen LogP contribution in [0.4, 0.5) is 0 Å². The summed E-state index contributed by atoms with van der Waals surface area (Å²) in [6, 6.07) is -1.09. The van der Waals surface area contributed by atoms with Gasteiger partial charge in [-0.15, -0.1) is 16.9 Å². The van der Waals surface area contributed by atoms with E-state index in [2.05, 4.69) is 10.3 Å². The molecule has 28 heavy (non-hydrogen) atoms. The predicted octanol–water partition coefficient (Wildman–Crippen LogP) is 0.149. The molecule has 1 aromatic rings. The Kier molecular flexibility index (Phi) is 5.33. The molecule has 1 aromatic heterocycles. The second-order valence-corrected chi connectivity index (χ2v) is 8.23. The Labute approximate surface area is 164 Å². The second-order valence-electron chi connectivity index (χ2n) is 6.52. The predicted molar refractivity (Wildman–Crippen MR) is 94.6 cm³/mol. The van der Waals surface area contributed by atoms with Crippen molar-refractivity contribution in [1.82, 2.24) is 19.9 Å². The molecule has 0 bridgehead atoms. The number of nitrogens with zero attached hydrogens (tertiary/aromatic N) is 4. The summed E-state index contributed by atoms with van der Waals surface area (Å²) in [5, 5.41) is 17.1. The number of carboxylic acids is 1. The fraction of sp³-hybridized carbons (Fsp3) is 0.625. The van der Waals surface area contributed by atoms with Gasteiger partial charge in [-0.25, -0.2) is 19.1 Å². The van der Waals surface area contributed by atoms with Crippen LogP contribution in [0.2, 0.25) is 0 Å². The zero-order chi connectivity index (χ0) is 20.6. The highest BCUT2D eigenvalue weighted by molar-refractivity contribution is 8.01. The largest absolute Gasteiger partial charge is 0.480 e. The van der Waals surface area contributed by atoms with Crippen LogP contribution in [-0.2, 0) is 25.6 Å². The van der Waals surface area contributed by atoms with E-state index in [4.69, 9.17) is 9.47 Å². The molecule has 12 heteroatoms. The van der Waals surface area contributed by atoms with Crippen LogP contribution in [0.15, 0.2) is 0 Å². The van der Waals surface area contributed by atoms with E-state index in [0.717, 1.165) is 4.68 Å². The lowest BCUT2D eigenvalue weighted by atomic mass is 9.96. The lowest BCUT2D eigenvalue weighted by Gasteiger charge is -2.36. The maximum Gasteiger partial charge on any atom is 0.361 e. The number of β-lactam (4-membered cyclic amide) rings is 1. The number of aliphatic carboxylic acids is 1. The molecule has 2 aliphatic heterocycles. The molecule has 1 N–H and O–H groups in total. The van der Waals surface area contributed by atoms with Gasteiger partial charge >= 0.3 is 17.9 Å². The first-order valence-corrected chi connectivity index (χ1v) is 9.61. The highest BCUT2D eigenvalue weighted by atomic mass is 32.2. The number of ether oxygens (including phenoxy) is 2. The summed E-state index contributed by atoms with van der Waals surface area (Å²) in [6.45, 7) is 5.00. The smallest absolute Gasteiger partial charge is 0.361 e. The minimum absolute atomic E-state index is 0.0601. The minimum atomic E-state index is -1.14. The molecule has 3 unspecified atom stereocenters. The molecule has 2 fully saturated rings. The third-order valence-corrected chi connectivity index (χ3v) is 6.14. The van der Waals surface area contributed by atoms with Gasteiger partial charge in [0.05, 0.1) is 36.3 Å². The van der Waals surface area contributed by atoms with E-state index in [1.54, 1.807) is 20.8 Å². The molecule has 0 saturated carbocycles. The van der Waals surface area contributed by atoms with Crippen LogP contribution >= 0.6 is 11.8 Å². The molecule has 3 rings (SSSR count). The molecule has 152 valence electrons. The van der Waals surface area contributed by atoms with Crippen LogP contribution < -0.4 is 0 Å². The van der Waals surface area contributed by atoms with Gasteiger partial charge < -0.3 is 19.5 Å². The molecule has 0 radical (unpaired) electrons. The van der Waals surface area contributed by atoms with Crippen molar-refractivity contribution < 1.29 is 33.8 Å². The van der Waals surface area contributed by atoms with Crippen molar-refractivity contribution in [3.63, 3.8) is 0 Å². The van der Waals surface area contributed by atoms with Crippen LogP contribution in [0.5, 0.6) is 0 Å². The zero-order valence-corrected chi connectivity index (χ0v) is 16.4. The molecule has 0 aliphatic carbocycles. The quantitative estimate of drug-likeness (QED) is 0.486. The molecule has 1 amide bonds. The minimum Gasteiger partial charge on any atom is -0.480 e. The second kappa shape index (κ2) is 7.41. The Bertz CT molecular complexity index is 841. The van der Waals surface area contributed by atoms with Crippen molar-refractivity contribution in [1.29, 1.82) is 0 Å². The van der Waals surface area contributed by atoms with Crippen molar-refractivity contribution in [3.8, 4) is 0 Å². The standard InChI is InChI=1S/C16H20N4O7S/c1-4-26-14(24)10-11(15(25)27-5-2)19(18-17-10)7-16(3)12(13(22)23)20-8(21)6-9(20)28-16/h9,12H,4-7H2,1-3H3,(H,22,23). The lowest BCUT2D eigenvalue weighted by Crippen LogP contribution is -2.58. The van der Waals surface area contributed by atoms with Crippen molar-refractivity contribution in [2.24, 2.45) is 0 Å². The van der Waals surface area contributed by atoms with E-state index >= 15 is 0 Å². The number of thioether (sulfide) groups is 1. The van der Waals surface area contributed by atoms with Crippen molar-refractivity contribution in [3.05, 3.63) is 11.4 Å². The summed E-state index contributed by atoms with van der Waals surface area (Å²) in [5.41, 5.74) is -0.495. The molecule has 3 atom stereocenters. The average Bonchev–Trinajstić information content (AvgIpc) is 3.12. The first-order valence-electron chi connectivity index (χ1n) is 8.73. The Morgan fingerprint density at radius 1 is 1.25 bits per heavy atom. The van der Waals surface area contributed by atoms with Crippen LogP contribution in [0.1, 0.15) is 48.2 Å². The number of amides is 1. The first-order chi connectivity index (χ1) is 13.2. The van der Waals surface area contributed by atoms with Gasteiger partial charge in [0.1, 0.15) is 6.04 Å². The van der Waals surface area contributed by atoms with Crippen molar-refractivity contribution in [2.75, 3.05) is 13.2 Å². The van der Waals surface area contributed by atoms with E-state index in [-0.39, 0.29) is 48.8 Å². The summed E-state index contributed by atoms with van der Waals surface area (Å²) in [7, 11) is 0. The highest BCUT2D eigenvalue weighted by Gasteiger charge is 2.61. The number of hydrogen-bond donors (Lipinski definition) is 1. The molecular weight excluding hydrogens is 392 g/mol. The van der Waals surface area contributed by atoms with Gasteiger partial charge in [0.2, 0.25) is 11.6 Å². The maximum absolute atomic E-state index is 12.4. The summed E-state index contributed by atoms with van der Waals surface area (Å²) in [6.07, 6.45) is 0.264. The van der Waals surface area contributed by atoms with Gasteiger partial charge in [0, 0.05) is 0 Å². The van der Waals surface area contributed by atoms with Gasteiger partial charge in [-0.2, -0.15) is 0 Å². The Morgan fingerprint density at radius 3 is 2.46 bits per heavy atom. The average molecular weight is 412 g/mol. The Morgan fingerprint density at radius 2 is 1.89 bits per heavy atom. The van der Waals surface area contributed by atoms with Crippen LogP contribution in [-0.4, -0.2) is 78.2 Å². The number of esters is 2. The van der Waals surface area contributed by atoms with Gasteiger partial charge in [-0.05, 0) is 20.8 Å². The van der Waals surface area contributed by atoms with E-state index in [1.165, 1.54) is 16.7 Å². The Hall–Kier alpha value is -2.63. The maximum atomic E-state index is 12.4. The monoisotopic (exact) mass is 412 g/mol. The van der Waals surface area contributed by atoms with Crippen LogP contribution in [0.3, 0.4) is 0 Å². The van der Waals surface area contributed by atoms with Gasteiger partial charge in [0.25, 0.3) is 0 Å². The molecular formula is C16H20N4O7S. The van der Waals surface area contributed by atoms with Crippen molar-refractivity contribution >= 4 is 35.6 Å². The molecule has 2 aliphatic rings. The summed E-state index contributed by atoms with van der Waals surface area (Å²) in [4.78, 5) is 49.6. The number of hydrogen-bond acceptors (Lipinski definition) is 9. The molecule has 3 heterocycles. The van der Waals surface area contributed by atoms with Gasteiger partial charge in [-0.1, -0.05) is 5.21 Å². The van der Waals surface area contributed by atoms with E-state index in [9.17, 15) is 24.3 Å². The Balaban J connectivity index is 1.97. The molecule has 0 spiro atoms. The fourth-order valence-electron chi connectivity index (χ4n) is 3.44. The molecule has 0 aromatic carbocycles. The normalized spacial score (nSPS) is 25.8. The number of carbonyl (C=O) groups is 4. The molecule has 11 nitrogen and oxygen atoms in total. The van der Waals surface area contributed by atoms with E-state index in [1.807, 2.05) is 0 Å². The number of fused-ring (bicyclic) bond motifs is 1. The summed E-state index contributed by atoms with van der Waals surface area (Å²) in [5.74, 6) is -3.01. The lowest BCUT2D eigenvalue weighted by molar-refractivity contribution is -0.157.